The number of nitrogens with one attached hydrogen (secondary N) is 5. The maximum absolute atomic E-state index is 8.43. The average molecular weight is 439 g/mol. The summed E-state index contributed by atoms with van der Waals surface area (Å²) in [5.41, 5.74) is 9.98. The molecule has 4 rings (SSSR count). The first kappa shape index (κ1) is 20.1. The van der Waals surface area contributed by atoms with Crippen LogP contribution in [-0.4, -0.2) is 23.3 Å². The summed E-state index contributed by atoms with van der Waals surface area (Å²) in [5.74, 6) is 0.213. The van der Waals surface area contributed by atoms with Crippen LogP contribution in [0.4, 0.5) is 5.69 Å². The van der Waals surface area contributed by atoms with Crippen molar-refractivity contribution in [2.45, 2.75) is 6.42 Å². The molecule has 0 aliphatic heterocycles. The van der Waals surface area contributed by atoms with Gasteiger partial charge >= 0.3 is 0 Å². The number of hydrogen-bond acceptors (Lipinski definition) is 2. The zero-order valence-corrected chi connectivity index (χ0v) is 17.5. The second-order valence-corrected chi connectivity index (χ2v) is 7.84. The molecule has 4 aromatic rings. The molecular weight excluding hydrogens is 419 g/mol. The maximum atomic E-state index is 8.43. The van der Waals surface area contributed by atoms with E-state index in [2.05, 4.69) is 15.6 Å². The van der Waals surface area contributed by atoms with Gasteiger partial charge in [-0.3, -0.25) is 10.8 Å². The lowest BCUT2D eigenvalue weighted by Crippen LogP contribution is -2.31. The standard InChI is InChI=1S/C22H20Cl2N6/c23-14-3-1-12(2-4-14)21(25)29-16-9-13(7-8-28-22(26)27)20-18(11-16)17-10-15(24)5-6-19(17)30-20/h1-6,9-11,30H,7-8H2,(H2,25,29)(H4,26,27,28). The lowest BCUT2D eigenvalue weighted by Gasteiger charge is -2.12. The molecule has 0 radical (unpaired) electrons. The number of amidine groups is 1. The number of aromatic nitrogens is 1. The summed E-state index contributed by atoms with van der Waals surface area (Å²) in [6.07, 6.45) is 0.653. The van der Waals surface area contributed by atoms with Gasteiger partial charge in [-0.05, 0) is 66.6 Å². The fraction of sp³-hybridized carbons (Fsp3) is 0.0909. The molecule has 0 amide bonds. The molecule has 1 heterocycles. The monoisotopic (exact) mass is 438 g/mol. The predicted octanol–water partition coefficient (Wildman–Crippen LogP) is 5.09. The van der Waals surface area contributed by atoms with E-state index in [1.54, 1.807) is 24.3 Å². The van der Waals surface area contributed by atoms with E-state index in [0.717, 1.165) is 38.6 Å². The summed E-state index contributed by atoms with van der Waals surface area (Å²) in [5, 5.41) is 25.2. The second-order valence-electron chi connectivity index (χ2n) is 6.97. The Balaban J connectivity index is 1.75. The van der Waals surface area contributed by atoms with Crippen LogP contribution in [-0.2, 0) is 6.42 Å². The SMILES string of the molecule is N=C(N)NCCc1cc(NC(=N)c2ccc(Cl)cc2)cc2c1[nH]c1ccc(Cl)cc12. The van der Waals surface area contributed by atoms with Crippen molar-refractivity contribution < 1.29 is 0 Å². The highest BCUT2D eigenvalue weighted by Gasteiger charge is 2.12. The molecule has 0 aliphatic rings. The lowest BCUT2D eigenvalue weighted by molar-refractivity contribution is 0.857. The molecule has 0 aliphatic carbocycles. The number of hydrogen-bond donors (Lipinski definition) is 6. The van der Waals surface area contributed by atoms with Crippen LogP contribution in [0.25, 0.3) is 21.8 Å². The van der Waals surface area contributed by atoms with E-state index in [1.807, 2.05) is 30.3 Å². The number of anilines is 1. The highest BCUT2D eigenvalue weighted by molar-refractivity contribution is 6.32. The Morgan fingerprint density at radius 3 is 2.40 bits per heavy atom. The lowest BCUT2D eigenvalue weighted by atomic mass is 10.0. The first-order valence-corrected chi connectivity index (χ1v) is 10.1. The first-order valence-electron chi connectivity index (χ1n) is 9.34. The van der Waals surface area contributed by atoms with Crippen molar-refractivity contribution in [3.05, 3.63) is 75.8 Å². The Bertz CT molecular complexity index is 1260. The summed E-state index contributed by atoms with van der Waals surface area (Å²) in [4.78, 5) is 3.46. The van der Waals surface area contributed by atoms with Crippen molar-refractivity contribution in [2.24, 2.45) is 5.73 Å². The Hall–Kier alpha value is -3.22. The Labute approximate surface area is 183 Å². The summed E-state index contributed by atoms with van der Waals surface area (Å²) >= 11 is 12.2. The maximum Gasteiger partial charge on any atom is 0.185 e. The Morgan fingerprint density at radius 1 is 0.933 bits per heavy atom. The van der Waals surface area contributed by atoms with Crippen molar-refractivity contribution in [1.29, 1.82) is 10.8 Å². The van der Waals surface area contributed by atoms with Crippen LogP contribution in [0.2, 0.25) is 10.0 Å². The van der Waals surface area contributed by atoms with Crippen LogP contribution in [0.5, 0.6) is 0 Å². The molecule has 152 valence electrons. The number of halogens is 2. The minimum Gasteiger partial charge on any atom is -0.370 e. The number of fused-ring (bicyclic) bond motifs is 3. The van der Waals surface area contributed by atoms with Gasteiger partial charge < -0.3 is 21.4 Å². The van der Waals surface area contributed by atoms with Crippen LogP contribution in [0, 0.1) is 10.8 Å². The molecule has 0 fully saturated rings. The third-order valence-electron chi connectivity index (χ3n) is 4.86. The molecule has 0 saturated carbocycles. The van der Waals surface area contributed by atoms with Crippen molar-refractivity contribution in [3.8, 4) is 0 Å². The Morgan fingerprint density at radius 2 is 1.67 bits per heavy atom. The van der Waals surface area contributed by atoms with Gasteiger partial charge in [0.05, 0.1) is 0 Å². The quantitative estimate of drug-likeness (QED) is 0.192. The molecule has 0 spiro atoms. The predicted molar refractivity (Wildman–Crippen MR) is 126 cm³/mol. The van der Waals surface area contributed by atoms with Gasteiger partial charge in [0.15, 0.2) is 5.96 Å². The van der Waals surface area contributed by atoms with E-state index >= 15 is 0 Å². The number of H-pyrrole nitrogens is 1. The van der Waals surface area contributed by atoms with Gasteiger partial charge in [0.1, 0.15) is 5.84 Å². The third-order valence-corrected chi connectivity index (χ3v) is 5.35. The van der Waals surface area contributed by atoms with Crippen LogP contribution < -0.4 is 16.4 Å². The zero-order chi connectivity index (χ0) is 21.3. The van der Waals surface area contributed by atoms with Crippen molar-refractivity contribution in [3.63, 3.8) is 0 Å². The largest absolute Gasteiger partial charge is 0.370 e. The Kier molecular flexibility index (Phi) is 5.53. The van der Waals surface area contributed by atoms with Crippen molar-refractivity contribution >= 4 is 62.5 Å². The fourth-order valence-corrected chi connectivity index (χ4v) is 3.78. The van der Waals surface area contributed by atoms with E-state index in [0.29, 0.717) is 23.0 Å². The molecular formula is C22H20Cl2N6. The number of aromatic amines is 1. The molecule has 3 aromatic carbocycles. The molecule has 1 aromatic heterocycles. The van der Waals surface area contributed by atoms with Gasteiger partial charge in [-0.1, -0.05) is 23.2 Å². The van der Waals surface area contributed by atoms with E-state index in [-0.39, 0.29) is 11.8 Å². The minimum atomic E-state index is -0.0616. The molecule has 0 atom stereocenters. The van der Waals surface area contributed by atoms with E-state index in [1.165, 1.54) is 0 Å². The van der Waals surface area contributed by atoms with Crippen LogP contribution in [0.1, 0.15) is 11.1 Å². The number of benzene rings is 3. The van der Waals surface area contributed by atoms with E-state index < -0.39 is 0 Å². The molecule has 0 unspecified atom stereocenters. The second kappa shape index (κ2) is 8.26. The zero-order valence-electron chi connectivity index (χ0n) is 15.9. The fourth-order valence-electron chi connectivity index (χ4n) is 3.48. The van der Waals surface area contributed by atoms with Crippen LogP contribution in [0.15, 0.2) is 54.6 Å². The van der Waals surface area contributed by atoms with Gasteiger partial charge in [-0.15, -0.1) is 0 Å². The molecule has 0 saturated heterocycles. The number of guanidine groups is 1. The minimum absolute atomic E-state index is 0.0616. The number of nitrogens with two attached hydrogens (primary N) is 1. The van der Waals surface area contributed by atoms with Gasteiger partial charge in [-0.2, -0.15) is 0 Å². The molecule has 30 heavy (non-hydrogen) atoms. The van der Waals surface area contributed by atoms with Crippen molar-refractivity contribution in [1.82, 2.24) is 10.3 Å². The van der Waals surface area contributed by atoms with E-state index in [9.17, 15) is 0 Å². The van der Waals surface area contributed by atoms with Crippen LogP contribution >= 0.6 is 23.2 Å². The molecule has 6 nitrogen and oxygen atoms in total. The highest BCUT2D eigenvalue weighted by Crippen LogP contribution is 2.32. The van der Waals surface area contributed by atoms with Crippen molar-refractivity contribution in [2.75, 3.05) is 11.9 Å². The normalized spacial score (nSPS) is 11.0. The summed E-state index contributed by atoms with van der Waals surface area (Å²) in [7, 11) is 0. The summed E-state index contributed by atoms with van der Waals surface area (Å²) in [6, 6.07) is 16.9. The first-order chi connectivity index (χ1) is 14.4. The molecule has 0 bridgehead atoms. The van der Waals surface area contributed by atoms with Crippen LogP contribution in [0.3, 0.4) is 0 Å². The van der Waals surface area contributed by atoms with E-state index in [4.69, 9.17) is 39.8 Å². The molecule has 7 N–H and O–H groups in total. The summed E-state index contributed by atoms with van der Waals surface area (Å²) in [6.45, 7) is 0.526. The topological polar surface area (TPSA) is 114 Å². The summed E-state index contributed by atoms with van der Waals surface area (Å²) < 4.78 is 0. The number of rotatable bonds is 5. The van der Waals surface area contributed by atoms with Gasteiger partial charge in [0, 0.05) is 49.6 Å². The highest BCUT2D eigenvalue weighted by atomic mass is 35.5. The van der Waals surface area contributed by atoms with Gasteiger partial charge in [-0.25, -0.2) is 0 Å². The van der Waals surface area contributed by atoms with Gasteiger partial charge in [0.2, 0.25) is 0 Å². The smallest absolute Gasteiger partial charge is 0.185 e. The third kappa shape index (κ3) is 4.20. The van der Waals surface area contributed by atoms with Gasteiger partial charge in [0.25, 0.3) is 0 Å². The average Bonchev–Trinajstić information content (AvgIpc) is 3.06. The molecule has 8 heteroatoms.